The number of fused-ring (bicyclic) bond motifs is 2. The zero-order valence-electron chi connectivity index (χ0n) is 31.8. The number of benzene rings is 2. The maximum atomic E-state index is 14.4. The Kier molecular flexibility index (Phi) is 11.6. The number of pyridine rings is 1. The molecule has 2 aromatic carbocycles. The molecule has 0 saturated carbocycles. The van der Waals surface area contributed by atoms with E-state index in [9.17, 15) is 19.2 Å². The van der Waals surface area contributed by atoms with E-state index in [-0.39, 0.29) is 43.2 Å². The topological polar surface area (TPSA) is 139 Å². The number of piperidine rings is 2. The number of nitrogens with one attached hydrogen (secondary N) is 2. The molecular formula is C40H53N9O5. The van der Waals surface area contributed by atoms with Crippen molar-refractivity contribution in [3.05, 3.63) is 75.7 Å². The average Bonchev–Trinajstić information content (AvgIpc) is 3.67. The van der Waals surface area contributed by atoms with Crippen molar-refractivity contribution in [2.75, 3.05) is 79.5 Å². The van der Waals surface area contributed by atoms with E-state index in [1.165, 1.54) is 4.57 Å². The number of likely N-dealkylation sites (tertiary alicyclic amines) is 2. The summed E-state index contributed by atoms with van der Waals surface area (Å²) in [5.41, 5.74) is 4.09. The summed E-state index contributed by atoms with van der Waals surface area (Å²) in [7, 11) is 3.84. The second-order valence-corrected chi connectivity index (χ2v) is 15.2. The number of urea groups is 1. The van der Waals surface area contributed by atoms with E-state index < -0.39 is 5.97 Å². The minimum atomic E-state index is -0.441. The molecule has 0 atom stereocenters. The van der Waals surface area contributed by atoms with Crippen molar-refractivity contribution in [1.82, 2.24) is 44.6 Å². The molecule has 3 amide bonds. The van der Waals surface area contributed by atoms with Crippen LogP contribution in [0.4, 0.5) is 4.79 Å². The Bertz CT molecular complexity index is 2020. The predicted octanol–water partition coefficient (Wildman–Crippen LogP) is 2.95. The maximum absolute atomic E-state index is 14.4. The molecule has 0 unspecified atom stereocenters. The minimum Gasteiger partial charge on any atom is -0.443 e. The van der Waals surface area contributed by atoms with E-state index in [2.05, 4.69) is 38.4 Å². The number of piperazine rings is 1. The fourth-order valence-electron chi connectivity index (χ4n) is 8.46. The van der Waals surface area contributed by atoms with E-state index in [1.807, 2.05) is 53.1 Å². The number of esters is 1. The van der Waals surface area contributed by atoms with Gasteiger partial charge in [0.1, 0.15) is 6.54 Å². The lowest BCUT2D eigenvalue weighted by molar-refractivity contribution is -0.146. The van der Waals surface area contributed by atoms with Crippen LogP contribution in [-0.4, -0.2) is 143 Å². The van der Waals surface area contributed by atoms with Gasteiger partial charge in [0.15, 0.2) is 6.73 Å². The van der Waals surface area contributed by atoms with Gasteiger partial charge in [-0.05, 0) is 100 Å². The molecule has 0 spiro atoms. The molecule has 3 aliphatic rings. The molecule has 2 aromatic heterocycles. The van der Waals surface area contributed by atoms with Gasteiger partial charge in [0.05, 0.1) is 23.8 Å². The van der Waals surface area contributed by atoms with Crippen molar-refractivity contribution >= 4 is 39.7 Å². The standard InChI is InChI=1S/C40H53N9O5/c1-28-20-29(21-32-23-42-43-38(28)32)25-48(26-36(50)46-18-16-45(17-19-46)33-10-12-44(3)13-11-33)40(53)47-14-8-30(9-15-47)34-22-31-6-4-5-7-35(31)49(39(34)52)27-54-37(51)24-41-2/h4-7,20-23,30,33,41H,8-19,24-27H2,1-3H3,(H,42,43). The number of amides is 3. The first kappa shape index (κ1) is 37.5. The Morgan fingerprint density at radius 3 is 2.41 bits per heavy atom. The smallest absolute Gasteiger partial charge is 0.321 e. The van der Waals surface area contributed by atoms with Gasteiger partial charge >= 0.3 is 12.0 Å². The Labute approximate surface area is 316 Å². The van der Waals surface area contributed by atoms with Gasteiger partial charge in [-0.2, -0.15) is 5.10 Å². The lowest BCUT2D eigenvalue weighted by Crippen LogP contribution is -2.56. The molecule has 0 radical (unpaired) electrons. The van der Waals surface area contributed by atoms with Gasteiger partial charge < -0.3 is 29.7 Å². The van der Waals surface area contributed by atoms with Crippen LogP contribution in [-0.2, 0) is 27.6 Å². The normalized spacial score (nSPS) is 18.1. The third kappa shape index (κ3) is 8.30. The summed E-state index contributed by atoms with van der Waals surface area (Å²) in [6.07, 6.45) is 5.30. The molecule has 3 saturated heterocycles. The molecular weight excluding hydrogens is 686 g/mol. The van der Waals surface area contributed by atoms with Crippen LogP contribution in [0, 0.1) is 6.92 Å². The fraction of sp³-hybridized carbons (Fsp3) is 0.525. The number of likely N-dealkylation sites (N-methyl/N-ethyl adjacent to an activating group) is 1. The van der Waals surface area contributed by atoms with Gasteiger partial charge in [0.2, 0.25) is 5.91 Å². The van der Waals surface area contributed by atoms with Crippen molar-refractivity contribution in [3.8, 4) is 0 Å². The van der Waals surface area contributed by atoms with E-state index in [4.69, 9.17) is 4.74 Å². The average molecular weight is 740 g/mol. The number of hydrogen-bond donors (Lipinski definition) is 2. The van der Waals surface area contributed by atoms with Crippen LogP contribution in [0.2, 0.25) is 0 Å². The number of carbonyl (C=O) groups is 3. The number of hydrogen-bond acceptors (Lipinski definition) is 9. The van der Waals surface area contributed by atoms with Gasteiger partial charge in [-0.15, -0.1) is 0 Å². The molecule has 5 heterocycles. The highest BCUT2D eigenvalue weighted by Crippen LogP contribution is 2.29. The summed E-state index contributed by atoms with van der Waals surface area (Å²) < 4.78 is 6.95. The molecule has 3 aliphatic heterocycles. The second-order valence-electron chi connectivity index (χ2n) is 15.2. The highest BCUT2D eigenvalue weighted by Gasteiger charge is 2.33. The summed E-state index contributed by atoms with van der Waals surface area (Å²) in [5.74, 6) is -0.550. The Balaban J connectivity index is 1.05. The Morgan fingerprint density at radius 1 is 0.926 bits per heavy atom. The van der Waals surface area contributed by atoms with Crippen LogP contribution >= 0.6 is 0 Å². The Morgan fingerprint density at radius 2 is 1.67 bits per heavy atom. The number of aromatic amines is 1. The SMILES string of the molecule is CNCC(=O)OCn1c(=O)c(C2CCN(C(=O)N(CC(=O)N3CCN(C4CCN(C)CC4)CC3)Cc3cc(C)c4[nH]ncc4c3)CC2)cc2ccccc21. The summed E-state index contributed by atoms with van der Waals surface area (Å²) >= 11 is 0. The van der Waals surface area contributed by atoms with Gasteiger partial charge in [-0.25, -0.2) is 4.79 Å². The van der Waals surface area contributed by atoms with E-state index >= 15 is 0 Å². The third-order valence-electron chi connectivity index (χ3n) is 11.6. The predicted molar refractivity (Wildman–Crippen MR) is 207 cm³/mol. The highest BCUT2D eigenvalue weighted by atomic mass is 16.5. The first-order valence-corrected chi connectivity index (χ1v) is 19.3. The number of ether oxygens (including phenoxy) is 1. The summed E-state index contributed by atoms with van der Waals surface area (Å²) in [4.78, 5) is 64.7. The number of aromatic nitrogens is 3. The largest absolute Gasteiger partial charge is 0.443 e. The van der Waals surface area contributed by atoms with Crippen LogP contribution in [0.25, 0.3) is 21.8 Å². The van der Waals surface area contributed by atoms with E-state index in [0.29, 0.717) is 62.7 Å². The number of nitrogens with zero attached hydrogens (tertiary/aromatic N) is 7. The number of H-pyrrole nitrogens is 1. The molecule has 14 heteroatoms. The van der Waals surface area contributed by atoms with Gasteiger partial charge in [0, 0.05) is 62.8 Å². The second kappa shape index (κ2) is 16.7. The summed E-state index contributed by atoms with van der Waals surface area (Å²) in [5, 5.41) is 11.9. The number of rotatable bonds is 10. The summed E-state index contributed by atoms with van der Waals surface area (Å²) in [6.45, 7) is 8.34. The molecule has 0 aliphatic carbocycles. The zero-order chi connectivity index (χ0) is 37.8. The monoisotopic (exact) mass is 739 g/mol. The molecule has 7 rings (SSSR count). The van der Waals surface area contributed by atoms with E-state index in [1.54, 1.807) is 18.1 Å². The zero-order valence-corrected chi connectivity index (χ0v) is 31.8. The molecule has 0 bridgehead atoms. The van der Waals surface area contributed by atoms with Crippen LogP contribution in [0.15, 0.2) is 53.5 Å². The van der Waals surface area contributed by atoms with Crippen LogP contribution in [0.1, 0.15) is 48.3 Å². The van der Waals surface area contributed by atoms with Crippen molar-refractivity contribution < 1.29 is 19.1 Å². The first-order valence-electron chi connectivity index (χ1n) is 19.3. The van der Waals surface area contributed by atoms with Gasteiger partial charge in [-0.3, -0.25) is 28.9 Å². The van der Waals surface area contributed by atoms with Gasteiger partial charge in [-0.1, -0.05) is 24.3 Å². The van der Waals surface area contributed by atoms with Crippen molar-refractivity contribution in [2.24, 2.45) is 0 Å². The molecule has 288 valence electrons. The Hall–Kier alpha value is -4.79. The highest BCUT2D eigenvalue weighted by molar-refractivity contribution is 5.85. The van der Waals surface area contributed by atoms with Crippen LogP contribution < -0.4 is 10.9 Å². The molecule has 54 heavy (non-hydrogen) atoms. The maximum Gasteiger partial charge on any atom is 0.321 e. The van der Waals surface area contributed by atoms with Crippen LogP contribution in [0.3, 0.4) is 0 Å². The third-order valence-corrected chi connectivity index (χ3v) is 11.6. The lowest BCUT2D eigenvalue weighted by atomic mass is 9.89. The number of aryl methyl sites for hydroxylation is 1. The fourth-order valence-corrected chi connectivity index (χ4v) is 8.46. The van der Waals surface area contributed by atoms with Crippen molar-refractivity contribution in [3.63, 3.8) is 0 Å². The van der Waals surface area contributed by atoms with Gasteiger partial charge in [0.25, 0.3) is 5.56 Å². The van der Waals surface area contributed by atoms with Crippen molar-refractivity contribution in [1.29, 1.82) is 0 Å². The molecule has 14 nitrogen and oxygen atoms in total. The number of para-hydroxylation sites is 1. The summed E-state index contributed by atoms with van der Waals surface area (Å²) in [6, 6.07) is 14.0. The minimum absolute atomic E-state index is 0.00287. The molecule has 3 fully saturated rings. The van der Waals surface area contributed by atoms with Crippen molar-refractivity contribution in [2.45, 2.75) is 57.8 Å². The lowest BCUT2D eigenvalue weighted by Gasteiger charge is -2.42. The van der Waals surface area contributed by atoms with E-state index in [0.717, 1.165) is 66.4 Å². The first-order chi connectivity index (χ1) is 26.2. The van der Waals surface area contributed by atoms with Crippen LogP contribution in [0.5, 0.6) is 0 Å². The molecule has 4 aromatic rings. The quantitative estimate of drug-likeness (QED) is 0.235. The molecule has 2 N–H and O–H groups in total. The number of carbonyl (C=O) groups excluding carboxylic acids is 3.